The van der Waals surface area contributed by atoms with E-state index in [0.717, 1.165) is 24.2 Å². The highest BCUT2D eigenvalue weighted by Crippen LogP contribution is 2.15. The molecular weight excluding hydrogens is 378 g/mol. The van der Waals surface area contributed by atoms with Gasteiger partial charge in [0.15, 0.2) is 5.69 Å². The molecule has 6 nitrogen and oxygen atoms in total. The summed E-state index contributed by atoms with van der Waals surface area (Å²) in [5.41, 5.74) is 0.989. The smallest absolute Gasteiger partial charge is 0.274 e. The van der Waals surface area contributed by atoms with Crippen LogP contribution in [0.2, 0.25) is 0 Å². The van der Waals surface area contributed by atoms with Crippen LogP contribution in [-0.4, -0.2) is 21.7 Å². The number of amides is 1. The van der Waals surface area contributed by atoms with Gasteiger partial charge in [-0.25, -0.2) is 4.68 Å². The molecule has 1 atom stereocenters. The SMILES string of the molecule is C[C@H](CCc1ccco1)NC(=O)c1nn(Cc2ccccc2)c(=O)c2ccccc12. The highest BCUT2D eigenvalue weighted by Gasteiger charge is 2.18. The molecule has 152 valence electrons. The van der Waals surface area contributed by atoms with Gasteiger partial charge >= 0.3 is 0 Å². The minimum absolute atomic E-state index is 0.0716. The Hall–Kier alpha value is -3.67. The summed E-state index contributed by atoms with van der Waals surface area (Å²) in [5.74, 6) is 0.594. The Kier molecular flexibility index (Phi) is 5.75. The Morgan fingerprint density at radius 2 is 1.77 bits per heavy atom. The van der Waals surface area contributed by atoms with Crippen LogP contribution < -0.4 is 10.9 Å². The van der Waals surface area contributed by atoms with E-state index in [1.807, 2.05) is 55.5 Å². The molecule has 6 heteroatoms. The minimum atomic E-state index is -0.292. The van der Waals surface area contributed by atoms with Gasteiger partial charge in [-0.05, 0) is 37.1 Å². The van der Waals surface area contributed by atoms with Gasteiger partial charge in [0.2, 0.25) is 0 Å². The summed E-state index contributed by atoms with van der Waals surface area (Å²) in [5, 5.41) is 8.48. The number of aromatic nitrogens is 2. The predicted octanol–water partition coefficient (Wildman–Crippen LogP) is 3.79. The van der Waals surface area contributed by atoms with E-state index in [4.69, 9.17) is 4.42 Å². The largest absolute Gasteiger partial charge is 0.469 e. The van der Waals surface area contributed by atoms with Gasteiger partial charge in [-0.15, -0.1) is 0 Å². The third kappa shape index (κ3) is 4.33. The number of aryl methyl sites for hydroxylation is 1. The number of furan rings is 1. The van der Waals surface area contributed by atoms with E-state index in [2.05, 4.69) is 10.4 Å². The van der Waals surface area contributed by atoms with Crippen molar-refractivity contribution in [3.63, 3.8) is 0 Å². The van der Waals surface area contributed by atoms with Crippen molar-refractivity contribution in [1.82, 2.24) is 15.1 Å². The molecule has 4 aromatic rings. The number of fused-ring (bicyclic) bond motifs is 1. The lowest BCUT2D eigenvalue weighted by Crippen LogP contribution is -2.36. The average Bonchev–Trinajstić information content (AvgIpc) is 3.29. The van der Waals surface area contributed by atoms with Gasteiger partial charge in [0.25, 0.3) is 11.5 Å². The van der Waals surface area contributed by atoms with Crippen LogP contribution in [-0.2, 0) is 13.0 Å². The first-order valence-electron chi connectivity index (χ1n) is 9.99. The molecule has 0 unspecified atom stereocenters. The normalized spacial score (nSPS) is 12.0. The van der Waals surface area contributed by atoms with Gasteiger partial charge in [-0.2, -0.15) is 5.10 Å². The maximum Gasteiger partial charge on any atom is 0.274 e. The van der Waals surface area contributed by atoms with Gasteiger partial charge in [0.1, 0.15) is 5.76 Å². The van der Waals surface area contributed by atoms with E-state index < -0.39 is 0 Å². The molecule has 2 aromatic carbocycles. The minimum Gasteiger partial charge on any atom is -0.469 e. The highest BCUT2D eigenvalue weighted by molar-refractivity contribution is 6.04. The first-order valence-corrected chi connectivity index (χ1v) is 9.99. The Labute approximate surface area is 174 Å². The molecule has 1 amide bonds. The molecule has 0 radical (unpaired) electrons. The number of nitrogens with one attached hydrogen (secondary N) is 1. The lowest BCUT2D eigenvalue weighted by Gasteiger charge is -2.15. The van der Waals surface area contributed by atoms with Gasteiger partial charge in [-0.3, -0.25) is 9.59 Å². The van der Waals surface area contributed by atoms with E-state index in [-0.39, 0.29) is 23.2 Å². The van der Waals surface area contributed by atoms with E-state index >= 15 is 0 Å². The van der Waals surface area contributed by atoms with E-state index in [0.29, 0.717) is 17.3 Å². The second-order valence-electron chi connectivity index (χ2n) is 7.34. The summed E-state index contributed by atoms with van der Waals surface area (Å²) in [7, 11) is 0. The van der Waals surface area contributed by atoms with Crippen LogP contribution in [0.3, 0.4) is 0 Å². The zero-order valence-electron chi connectivity index (χ0n) is 16.7. The molecule has 2 aromatic heterocycles. The van der Waals surface area contributed by atoms with Crippen molar-refractivity contribution in [2.24, 2.45) is 0 Å². The topological polar surface area (TPSA) is 77.1 Å². The quantitative estimate of drug-likeness (QED) is 0.511. The number of hydrogen-bond donors (Lipinski definition) is 1. The Bertz CT molecular complexity index is 1200. The van der Waals surface area contributed by atoms with E-state index in [9.17, 15) is 9.59 Å². The second-order valence-corrected chi connectivity index (χ2v) is 7.34. The monoisotopic (exact) mass is 401 g/mol. The van der Waals surface area contributed by atoms with Gasteiger partial charge in [0.05, 0.1) is 18.2 Å². The van der Waals surface area contributed by atoms with Gasteiger partial charge in [-0.1, -0.05) is 48.5 Å². The van der Waals surface area contributed by atoms with Crippen molar-refractivity contribution >= 4 is 16.7 Å². The van der Waals surface area contributed by atoms with E-state index in [1.54, 1.807) is 24.5 Å². The number of carbonyl (C=O) groups excluding carboxylic acids is 1. The zero-order valence-corrected chi connectivity index (χ0v) is 16.7. The molecule has 0 saturated heterocycles. The maximum absolute atomic E-state index is 13.0. The fourth-order valence-corrected chi connectivity index (χ4v) is 3.44. The van der Waals surface area contributed by atoms with Crippen molar-refractivity contribution in [2.45, 2.75) is 32.4 Å². The standard InChI is InChI=1S/C24H23N3O3/c1-17(13-14-19-10-7-15-30-19)25-23(28)22-20-11-5-6-12-21(20)24(29)27(26-22)16-18-8-3-2-4-9-18/h2-12,15,17H,13-14,16H2,1H3,(H,25,28)/t17-/m1/s1. The summed E-state index contributed by atoms with van der Waals surface area (Å²) < 4.78 is 6.71. The molecule has 2 heterocycles. The lowest BCUT2D eigenvalue weighted by molar-refractivity contribution is 0.0932. The van der Waals surface area contributed by atoms with Crippen LogP contribution in [0, 0.1) is 0 Å². The molecule has 0 aliphatic carbocycles. The summed E-state index contributed by atoms with van der Waals surface area (Å²) >= 11 is 0. The number of benzene rings is 2. The Balaban J connectivity index is 1.61. The van der Waals surface area contributed by atoms with Crippen molar-refractivity contribution in [3.8, 4) is 0 Å². The third-order valence-electron chi connectivity index (χ3n) is 5.04. The summed E-state index contributed by atoms with van der Waals surface area (Å²) in [6, 6.07) is 20.4. The molecule has 30 heavy (non-hydrogen) atoms. The lowest BCUT2D eigenvalue weighted by atomic mass is 10.1. The average molecular weight is 401 g/mol. The zero-order chi connectivity index (χ0) is 20.9. The number of hydrogen-bond acceptors (Lipinski definition) is 4. The molecule has 0 saturated carbocycles. The molecule has 4 rings (SSSR count). The van der Waals surface area contributed by atoms with Crippen LogP contribution in [0.15, 0.2) is 82.2 Å². The van der Waals surface area contributed by atoms with Crippen LogP contribution in [0.5, 0.6) is 0 Å². The summed E-state index contributed by atoms with van der Waals surface area (Å²) in [4.78, 5) is 26.0. The van der Waals surface area contributed by atoms with Crippen molar-refractivity contribution in [2.75, 3.05) is 0 Å². The van der Waals surface area contributed by atoms with Crippen LogP contribution in [0.1, 0.15) is 35.2 Å². The molecule has 0 bridgehead atoms. The van der Waals surface area contributed by atoms with Gasteiger partial charge in [0, 0.05) is 17.8 Å². The summed E-state index contributed by atoms with van der Waals surface area (Å²) in [6.07, 6.45) is 3.11. The van der Waals surface area contributed by atoms with Crippen LogP contribution >= 0.6 is 0 Å². The maximum atomic E-state index is 13.0. The van der Waals surface area contributed by atoms with Crippen molar-refractivity contribution < 1.29 is 9.21 Å². The molecule has 0 aliphatic rings. The molecule has 0 fully saturated rings. The van der Waals surface area contributed by atoms with E-state index in [1.165, 1.54) is 4.68 Å². The number of rotatable bonds is 7. The Morgan fingerprint density at radius 3 is 2.50 bits per heavy atom. The highest BCUT2D eigenvalue weighted by atomic mass is 16.3. The first kappa shape index (κ1) is 19.6. The van der Waals surface area contributed by atoms with Gasteiger partial charge < -0.3 is 9.73 Å². The fraction of sp³-hybridized carbons (Fsp3) is 0.208. The first-order chi connectivity index (χ1) is 14.6. The number of carbonyl (C=O) groups is 1. The molecule has 0 aliphatic heterocycles. The van der Waals surface area contributed by atoms with Crippen molar-refractivity contribution in [1.29, 1.82) is 0 Å². The molecule has 0 spiro atoms. The molecule has 1 N–H and O–H groups in total. The number of nitrogens with zero attached hydrogens (tertiary/aromatic N) is 2. The van der Waals surface area contributed by atoms with Crippen LogP contribution in [0.4, 0.5) is 0 Å². The fourth-order valence-electron chi connectivity index (χ4n) is 3.44. The predicted molar refractivity (Wildman–Crippen MR) is 116 cm³/mol. The second kappa shape index (κ2) is 8.78. The van der Waals surface area contributed by atoms with Crippen molar-refractivity contribution in [3.05, 3.63) is 100 Å². The Morgan fingerprint density at radius 1 is 1.03 bits per heavy atom. The third-order valence-corrected chi connectivity index (χ3v) is 5.04. The molecular formula is C24H23N3O3. The summed E-state index contributed by atoms with van der Waals surface area (Å²) in [6.45, 7) is 2.25. The van der Waals surface area contributed by atoms with Crippen LogP contribution in [0.25, 0.3) is 10.8 Å².